The van der Waals surface area contributed by atoms with Crippen LogP contribution in [-0.4, -0.2) is 43.0 Å². The maximum Gasteiger partial charge on any atom is 0.231 e. The Morgan fingerprint density at radius 1 is 1.06 bits per heavy atom. The number of para-hydroxylation sites is 1. The van der Waals surface area contributed by atoms with Crippen LogP contribution < -0.4 is 15.9 Å². The summed E-state index contributed by atoms with van der Waals surface area (Å²) in [5.74, 6) is 0.825. The van der Waals surface area contributed by atoms with E-state index in [1.807, 2.05) is 18.2 Å². The summed E-state index contributed by atoms with van der Waals surface area (Å²) in [6.45, 7) is 4.37. The monoisotopic (exact) mass is 491 g/mol. The van der Waals surface area contributed by atoms with Crippen LogP contribution >= 0.6 is 30.9 Å². The lowest BCUT2D eigenvalue weighted by Gasteiger charge is -2.15. The van der Waals surface area contributed by atoms with E-state index < -0.39 is 9.84 Å². The fourth-order valence-electron chi connectivity index (χ4n) is 2.90. The molecule has 0 saturated heterocycles. The van der Waals surface area contributed by atoms with Crippen LogP contribution in [0.2, 0.25) is 5.02 Å². The first kappa shape index (κ1) is 21.9. The highest BCUT2D eigenvalue weighted by molar-refractivity contribution is 7.90. The minimum Gasteiger partial charge on any atom is -0.338 e. The van der Waals surface area contributed by atoms with Gasteiger partial charge in [0.2, 0.25) is 5.95 Å². The Bertz CT molecular complexity index is 1380. The molecular weight excluding hydrogens is 473 g/mol. The van der Waals surface area contributed by atoms with Gasteiger partial charge in [0.25, 0.3) is 0 Å². The van der Waals surface area contributed by atoms with Gasteiger partial charge in [-0.15, -0.1) is 0 Å². The second-order valence-corrected chi connectivity index (χ2v) is 12.7. The van der Waals surface area contributed by atoms with Gasteiger partial charge in [0.15, 0.2) is 20.8 Å². The van der Waals surface area contributed by atoms with Crippen molar-refractivity contribution in [2.45, 2.75) is 4.90 Å². The number of anilines is 4. The summed E-state index contributed by atoms with van der Waals surface area (Å²) in [5, 5.41) is 8.57. The molecule has 11 heteroatoms. The average molecular weight is 492 g/mol. The molecule has 0 saturated carbocycles. The predicted molar refractivity (Wildman–Crippen MR) is 131 cm³/mol. The molecule has 0 atom stereocenters. The Morgan fingerprint density at radius 3 is 2.58 bits per heavy atom. The van der Waals surface area contributed by atoms with E-state index in [0.29, 0.717) is 27.4 Å². The van der Waals surface area contributed by atoms with Gasteiger partial charge >= 0.3 is 0 Å². The van der Waals surface area contributed by atoms with E-state index in [9.17, 15) is 8.42 Å². The van der Waals surface area contributed by atoms with E-state index in [2.05, 4.69) is 45.0 Å². The van der Waals surface area contributed by atoms with Crippen LogP contribution in [0.25, 0.3) is 10.2 Å². The molecule has 0 amide bonds. The second-order valence-electron chi connectivity index (χ2n) is 6.97. The lowest BCUT2D eigenvalue weighted by atomic mass is 10.3. The number of hydrogen-bond acceptors (Lipinski definition) is 8. The SMILES string of the molecule is CP(C)c1ccccc1Nc1nc(Nc2nc3ccc(S(C)(=O)=O)cc3s2)ncc1Cl. The first-order chi connectivity index (χ1) is 14.7. The minimum atomic E-state index is -3.28. The molecule has 0 spiro atoms. The van der Waals surface area contributed by atoms with Gasteiger partial charge in [-0.05, 0) is 42.9 Å². The maximum absolute atomic E-state index is 11.8. The summed E-state index contributed by atoms with van der Waals surface area (Å²) >= 11 is 7.65. The van der Waals surface area contributed by atoms with Crippen LogP contribution in [0.15, 0.2) is 53.6 Å². The highest BCUT2D eigenvalue weighted by atomic mass is 35.5. The zero-order chi connectivity index (χ0) is 22.2. The minimum absolute atomic E-state index is 0.259. The Hall–Kier alpha value is -2.32. The van der Waals surface area contributed by atoms with E-state index in [1.54, 1.807) is 18.2 Å². The molecule has 2 N–H and O–H groups in total. The van der Waals surface area contributed by atoms with Gasteiger partial charge in [-0.25, -0.2) is 18.4 Å². The summed E-state index contributed by atoms with van der Waals surface area (Å²) in [4.78, 5) is 13.5. The molecule has 0 aliphatic carbocycles. The number of benzene rings is 2. The van der Waals surface area contributed by atoms with Crippen molar-refractivity contribution in [3.63, 3.8) is 0 Å². The number of rotatable bonds is 6. The highest BCUT2D eigenvalue weighted by Gasteiger charge is 2.13. The van der Waals surface area contributed by atoms with Crippen molar-refractivity contribution in [3.8, 4) is 0 Å². The standard InChI is InChI=1S/C20H19ClN5O2PS2/c1-29(2)16-7-5-4-6-14(16)23-18-13(21)11-22-19(25-18)26-20-24-15-9-8-12(31(3,27)28)10-17(15)30-20/h4-11H,1-3H3,(H2,22,23,24,25,26). The van der Waals surface area contributed by atoms with Crippen molar-refractivity contribution in [1.82, 2.24) is 15.0 Å². The van der Waals surface area contributed by atoms with E-state index in [-0.39, 0.29) is 12.8 Å². The molecule has 0 bridgehead atoms. The molecule has 0 unspecified atom stereocenters. The van der Waals surface area contributed by atoms with Crippen molar-refractivity contribution in [2.75, 3.05) is 30.2 Å². The van der Waals surface area contributed by atoms with Crippen LogP contribution in [-0.2, 0) is 9.84 Å². The van der Waals surface area contributed by atoms with Gasteiger partial charge in [-0.3, -0.25) is 5.32 Å². The molecule has 2 aromatic heterocycles. The summed E-state index contributed by atoms with van der Waals surface area (Å²) in [7, 11) is -3.59. The van der Waals surface area contributed by atoms with E-state index in [4.69, 9.17) is 11.6 Å². The Kier molecular flexibility index (Phi) is 6.12. The van der Waals surface area contributed by atoms with Crippen LogP contribution in [0, 0.1) is 0 Å². The third-order valence-corrected chi connectivity index (χ3v) is 8.06. The number of halogens is 1. The first-order valence-corrected chi connectivity index (χ1v) is 14.5. The summed E-state index contributed by atoms with van der Waals surface area (Å²) in [6, 6.07) is 12.9. The molecular formula is C20H19ClN5O2PS2. The van der Waals surface area contributed by atoms with Crippen molar-refractivity contribution < 1.29 is 8.42 Å². The van der Waals surface area contributed by atoms with Crippen LogP contribution in [0.5, 0.6) is 0 Å². The van der Waals surface area contributed by atoms with Gasteiger partial charge in [0.1, 0.15) is 5.02 Å². The summed E-state index contributed by atoms with van der Waals surface area (Å²) < 4.78 is 24.3. The number of thiazole rings is 1. The summed E-state index contributed by atoms with van der Waals surface area (Å²) in [5.41, 5.74) is 1.65. The number of hydrogen-bond donors (Lipinski definition) is 2. The molecule has 7 nitrogen and oxygen atoms in total. The van der Waals surface area contributed by atoms with Gasteiger partial charge in [0, 0.05) is 11.9 Å². The molecule has 4 rings (SSSR count). The molecule has 2 aromatic carbocycles. The molecule has 2 heterocycles. The lowest BCUT2D eigenvalue weighted by molar-refractivity contribution is 0.602. The molecule has 0 aliphatic heterocycles. The average Bonchev–Trinajstić information content (AvgIpc) is 3.11. The summed E-state index contributed by atoms with van der Waals surface area (Å²) in [6.07, 6.45) is 2.71. The van der Waals surface area contributed by atoms with Crippen molar-refractivity contribution in [3.05, 3.63) is 53.7 Å². The predicted octanol–water partition coefficient (Wildman–Crippen LogP) is 5.00. The van der Waals surface area contributed by atoms with Gasteiger partial charge in [-0.2, -0.15) is 4.98 Å². The van der Waals surface area contributed by atoms with E-state index in [0.717, 1.165) is 10.4 Å². The highest BCUT2D eigenvalue weighted by Crippen LogP contribution is 2.32. The molecule has 0 radical (unpaired) electrons. The van der Waals surface area contributed by atoms with Gasteiger partial charge in [0.05, 0.1) is 21.3 Å². The van der Waals surface area contributed by atoms with Gasteiger partial charge < -0.3 is 5.32 Å². The Morgan fingerprint density at radius 2 is 1.84 bits per heavy atom. The third kappa shape index (κ3) is 4.96. The first-order valence-electron chi connectivity index (χ1n) is 9.14. The zero-order valence-corrected chi connectivity index (χ0v) is 20.2. The molecule has 31 heavy (non-hydrogen) atoms. The fourth-order valence-corrected chi connectivity index (χ4v) is 5.65. The molecule has 4 aromatic rings. The zero-order valence-electron chi connectivity index (χ0n) is 16.9. The maximum atomic E-state index is 11.8. The Balaban J connectivity index is 1.62. The number of sulfone groups is 1. The van der Waals surface area contributed by atoms with Crippen molar-refractivity contribution >= 4 is 78.8 Å². The van der Waals surface area contributed by atoms with E-state index >= 15 is 0 Å². The smallest absolute Gasteiger partial charge is 0.231 e. The molecule has 0 fully saturated rings. The number of fused-ring (bicyclic) bond motifs is 1. The third-order valence-electron chi connectivity index (χ3n) is 4.39. The lowest BCUT2D eigenvalue weighted by Crippen LogP contribution is -2.09. The van der Waals surface area contributed by atoms with Crippen molar-refractivity contribution in [2.24, 2.45) is 0 Å². The topological polar surface area (TPSA) is 96.9 Å². The Labute approximate surface area is 190 Å². The van der Waals surface area contributed by atoms with Crippen LogP contribution in [0.1, 0.15) is 0 Å². The normalized spacial score (nSPS) is 11.8. The molecule has 160 valence electrons. The fraction of sp³-hybridized carbons (Fsp3) is 0.150. The molecule has 0 aliphatic rings. The van der Waals surface area contributed by atoms with Gasteiger partial charge in [-0.1, -0.05) is 49.1 Å². The number of aromatic nitrogens is 3. The van der Waals surface area contributed by atoms with Crippen molar-refractivity contribution in [1.29, 1.82) is 0 Å². The number of nitrogens with zero attached hydrogens (tertiary/aromatic N) is 3. The van der Waals surface area contributed by atoms with Crippen LogP contribution in [0.4, 0.5) is 22.6 Å². The van der Waals surface area contributed by atoms with Crippen LogP contribution in [0.3, 0.4) is 0 Å². The number of nitrogens with one attached hydrogen (secondary N) is 2. The largest absolute Gasteiger partial charge is 0.338 e. The quantitative estimate of drug-likeness (QED) is 0.366. The van der Waals surface area contributed by atoms with E-state index in [1.165, 1.54) is 29.1 Å². The second kappa shape index (κ2) is 8.67.